The maximum atomic E-state index is 12.8. The van der Waals surface area contributed by atoms with E-state index in [1.807, 2.05) is 12.1 Å². The lowest BCUT2D eigenvalue weighted by Gasteiger charge is -2.01. The molecule has 0 saturated heterocycles. The summed E-state index contributed by atoms with van der Waals surface area (Å²) in [5.74, 6) is 0.749. The van der Waals surface area contributed by atoms with Gasteiger partial charge in [0.2, 0.25) is 0 Å². The van der Waals surface area contributed by atoms with Crippen LogP contribution in [0.1, 0.15) is 5.76 Å². The molecule has 0 radical (unpaired) electrons. The summed E-state index contributed by atoms with van der Waals surface area (Å²) in [6.07, 6.45) is 0. The first kappa shape index (κ1) is 13.3. The number of hydrogen-bond donors (Lipinski definition) is 1. The van der Waals surface area contributed by atoms with Gasteiger partial charge in [-0.25, -0.2) is 4.39 Å². The fourth-order valence-corrected chi connectivity index (χ4v) is 1.60. The van der Waals surface area contributed by atoms with E-state index in [0.717, 1.165) is 5.56 Å². The van der Waals surface area contributed by atoms with Crippen molar-refractivity contribution in [1.29, 1.82) is 0 Å². The van der Waals surface area contributed by atoms with Crippen molar-refractivity contribution in [3.63, 3.8) is 0 Å². The van der Waals surface area contributed by atoms with Crippen LogP contribution in [0.2, 0.25) is 0 Å². The molecule has 0 aliphatic heterocycles. The number of carbonyl (C=O) groups is 1. The fourth-order valence-electron chi connectivity index (χ4n) is 1.60. The van der Waals surface area contributed by atoms with E-state index in [0.29, 0.717) is 18.1 Å². The molecule has 5 heteroatoms. The summed E-state index contributed by atoms with van der Waals surface area (Å²) in [5, 5.41) is 2.90. The number of nitrogens with one attached hydrogen (secondary N) is 1. The van der Waals surface area contributed by atoms with Gasteiger partial charge in [0.15, 0.2) is 0 Å². The Labute approximate surface area is 110 Å². The Morgan fingerprint density at radius 1 is 1.26 bits per heavy atom. The SMILES string of the molecule is COC(=O)CNCc1ccc(-c2ccc(F)cc2)o1. The Morgan fingerprint density at radius 3 is 2.68 bits per heavy atom. The molecule has 0 aliphatic rings. The van der Waals surface area contributed by atoms with Gasteiger partial charge in [-0.2, -0.15) is 0 Å². The predicted octanol–water partition coefficient (Wildman–Crippen LogP) is 2.35. The maximum absolute atomic E-state index is 12.8. The van der Waals surface area contributed by atoms with Crippen molar-refractivity contribution in [1.82, 2.24) is 5.32 Å². The minimum absolute atomic E-state index is 0.128. The molecule has 1 heterocycles. The van der Waals surface area contributed by atoms with Gasteiger partial charge in [0.05, 0.1) is 20.2 Å². The molecule has 4 nitrogen and oxygen atoms in total. The minimum Gasteiger partial charge on any atom is -0.468 e. The molecular formula is C14H14FNO3. The standard InChI is InChI=1S/C14H14FNO3/c1-18-14(17)9-16-8-12-6-7-13(19-12)10-2-4-11(15)5-3-10/h2-7,16H,8-9H2,1H3. The van der Waals surface area contributed by atoms with Crippen LogP contribution in [0, 0.1) is 5.82 Å². The zero-order valence-electron chi connectivity index (χ0n) is 10.5. The fraction of sp³-hybridized carbons (Fsp3) is 0.214. The van der Waals surface area contributed by atoms with Gasteiger partial charge >= 0.3 is 5.97 Å². The second-order valence-corrected chi connectivity index (χ2v) is 3.95. The summed E-state index contributed by atoms with van der Waals surface area (Å²) < 4.78 is 22.9. The van der Waals surface area contributed by atoms with Crippen LogP contribution in [0.3, 0.4) is 0 Å². The van der Waals surface area contributed by atoms with E-state index >= 15 is 0 Å². The molecule has 1 aromatic carbocycles. The van der Waals surface area contributed by atoms with Crippen LogP contribution in [0.25, 0.3) is 11.3 Å². The summed E-state index contributed by atoms with van der Waals surface area (Å²) in [6.45, 7) is 0.555. The normalized spacial score (nSPS) is 10.4. The van der Waals surface area contributed by atoms with Crippen LogP contribution < -0.4 is 5.32 Å². The number of carbonyl (C=O) groups excluding carboxylic acids is 1. The van der Waals surface area contributed by atoms with Gasteiger partial charge in [-0.05, 0) is 36.4 Å². The Kier molecular flexibility index (Phi) is 4.30. The lowest BCUT2D eigenvalue weighted by molar-refractivity contribution is -0.139. The number of methoxy groups -OCH3 is 1. The van der Waals surface area contributed by atoms with E-state index in [-0.39, 0.29) is 18.3 Å². The second-order valence-electron chi connectivity index (χ2n) is 3.95. The molecular weight excluding hydrogens is 249 g/mol. The molecule has 2 rings (SSSR count). The summed E-state index contributed by atoms with van der Waals surface area (Å²) in [4.78, 5) is 10.9. The first-order chi connectivity index (χ1) is 9.19. The second kappa shape index (κ2) is 6.15. The third-order valence-corrected chi connectivity index (χ3v) is 2.59. The highest BCUT2D eigenvalue weighted by Gasteiger charge is 2.06. The average molecular weight is 263 g/mol. The smallest absolute Gasteiger partial charge is 0.319 e. The Balaban J connectivity index is 1.95. The number of hydrogen-bond acceptors (Lipinski definition) is 4. The highest BCUT2D eigenvalue weighted by molar-refractivity contribution is 5.71. The highest BCUT2D eigenvalue weighted by Crippen LogP contribution is 2.22. The summed E-state index contributed by atoms with van der Waals surface area (Å²) in [5.41, 5.74) is 0.806. The van der Waals surface area contributed by atoms with Crippen LogP contribution in [-0.2, 0) is 16.1 Å². The van der Waals surface area contributed by atoms with E-state index in [1.165, 1.54) is 19.2 Å². The Hall–Kier alpha value is -2.14. The monoisotopic (exact) mass is 263 g/mol. The van der Waals surface area contributed by atoms with E-state index in [2.05, 4.69) is 10.1 Å². The molecule has 0 saturated carbocycles. The Morgan fingerprint density at radius 2 is 2.00 bits per heavy atom. The quantitative estimate of drug-likeness (QED) is 0.841. The largest absolute Gasteiger partial charge is 0.468 e. The van der Waals surface area contributed by atoms with Crippen molar-refractivity contribution in [2.75, 3.05) is 13.7 Å². The zero-order chi connectivity index (χ0) is 13.7. The van der Waals surface area contributed by atoms with Crippen molar-refractivity contribution in [3.8, 4) is 11.3 Å². The Bertz CT molecular complexity index is 548. The zero-order valence-corrected chi connectivity index (χ0v) is 10.5. The molecule has 1 N–H and O–H groups in total. The van der Waals surface area contributed by atoms with Gasteiger partial charge in [-0.15, -0.1) is 0 Å². The van der Waals surface area contributed by atoms with E-state index in [4.69, 9.17) is 4.42 Å². The predicted molar refractivity (Wildman–Crippen MR) is 67.8 cm³/mol. The molecule has 0 aliphatic carbocycles. The van der Waals surface area contributed by atoms with Gasteiger partial charge in [0.25, 0.3) is 0 Å². The number of halogens is 1. The van der Waals surface area contributed by atoms with Gasteiger partial charge in [-0.1, -0.05) is 0 Å². The molecule has 0 spiro atoms. The van der Waals surface area contributed by atoms with Crippen molar-refractivity contribution >= 4 is 5.97 Å². The molecule has 0 bridgehead atoms. The van der Waals surface area contributed by atoms with Gasteiger partial charge in [0.1, 0.15) is 17.3 Å². The number of furan rings is 1. The first-order valence-corrected chi connectivity index (χ1v) is 5.81. The van der Waals surface area contributed by atoms with Crippen LogP contribution in [-0.4, -0.2) is 19.6 Å². The van der Waals surface area contributed by atoms with Crippen molar-refractivity contribution < 1.29 is 18.3 Å². The van der Waals surface area contributed by atoms with Crippen molar-refractivity contribution in [2.45, 2.75) is 6.54 Å². The molecule has 0 amide bonds. The van der Waals surface area contributed by atoms with Gasteiger partial charge in [-0.3, -0.25) is 10.1 Å². The summed E-state index contributed by atoms with van der Waals surface area (Å²) in [7, 11) is 1.34. The van der Waals surface area contributed by atoms with Gasteiger partial charge < -0.3 is 9.15 Å². The molecule has 2 aromatic rings. The van der Waals surface area contributed by atoms with Gasteiger partial charge in [0, 0.05) is 5.56 Å². The summed E-state index contributed by atoms with van der Waals surface area (Å²) >= 11 is 0. The average Bonchev–Trinajstić information content (AvgIpc) is 2.88. The highest BCUT2D eigenvalue weighted by atomic mass is 19.1. The molecule has 1 aromatic heterocycles. The number of ether oxygens (including phenoxy) is 1. The maximum Gasteiger partial charge on any atom is 0.319 e. The van der Waals surface area contributed by atoms with Crippen LogP contribution >= 0.6 is 0 Å². The van der Waals surface area contributed by atoms with Crippen LogP contribution in [0.4, 0.5) is 4.39 Å². The van der Waals surface area contributed by atoms with E-state index in [9.17, 15) is 9.18 Å². The lowest BCUT2D eigenvalue weighted by Crippen LogP contribution is -2.23. The van der Waals surface area contributed by atoms with Crippen LogP contribution in [0.15, 0.2) is 40.8 Å². The first-order valence-electron chi connectivity index (χ1n) is 5.81. The van der Waals surface area contributed by atoms with E-state index < -0.39 is 0 Å². The lowest BCUT2D eigenvalue weighted by atomic mass is 10.2. The molecule has 0 fully saturated rings. The third kappa shape index (κ3) is 3.66. The summed E-state index contributed by atoms with van der Waals surface area (Å²) in [6, 6.07) is 9.69. The topological polar surface area (TPSA) is 51.5 Å². The molecule has 19 heavy (non-hydrogen) atoms. The van der Waals surface area contributed by atoms with Crippen LogP contribution in [0.5, 0.6) is 0 Å². The van der Waals surface area contributed by atoms with Crippen molar-refractivity contribution in [2.24, 2.45) is 0 Å². The third-order valence-electron chi connectivity index (χ3n) is 2.59. The number of benzene rings is 1. The molecule has 100 valence electrons. The molecule has 0 atom stereocenters. The van der Waals surface area contributed by atoms with E-state index in [1.54, 1.807) is 12.1 Å². The van der Waals surface area contributed by atoms with Crippen molar-refractivity contribution in [3.05, 3.63) is 48.0 Å². The number of rotatable bonds is 5. The number of esters is 1. The molecule has 0 unspecified atom stereocenters. The minimum atomic E-state index is -0.328.